The first-order valence-corrected chi connectivity index (χ1v) is 6.63. The highest BCUT2D eigenvalue weighted by atomic mass is 35.5. The average molecular weight is 265 g/mol. The van der Waals surface area contributed by atoms with Crippen LogP contribution in [0.4, 0.5) is 0 Å². The van der Waals surface area contributed by atoms with Gasteiger partial charge in [0.2, 0.25) is 0 Å². The molecule has 0 unspecified atom stereocenters. The van der Waals surface area contributed by atoms with Gasteiger partial charge in [0.1, 0.15) is 10.8 Å². The van der Waals surface area contributed by atoms with E-state index in [1.165, 1.54) is 0 Å². The van der Waals surface area contributed by atoms with E-state index in [2.05, 4.69) is 18.8 Å². The number of fused-ring (bicyclic) bond motifs is 1. The summed E-state index contributed by atoms with van der Waals surface area (Å²) in [7, 11) is 0. The van der Waals surface area contributed by atoms with Crippen molar-refractivity contribution >= 4 is 17.2 Å². The highest BCUT2D eigenvalue weighted by Gasteiger charge is 2.13. The lowest BCUT2D eigenvalue weighted by Crippen LogP contribution is -2.21. The highest BCUT2D eigenvalue weighted by molar-refractivity contribution is 6.30. The van der Waals surface area contributed by atoms with Crippen LogP contribution in [-0.4, -0.2) is 9.38 Å². The Hall–Kier alpha value is -1.35. The summed E-state index contributed by atoms with van der Waals surface area (Å²) < 4.78 is 1.60. The fraction of sp³-hybridized carbons (Fsp3) is 0.429. The van der Waals surface area contributed by atoms with Crippen LogP contribution in [-0.2, 0) is 6.42 Å². The summed E-state index contributed by atoms with van der Waals surface area (Å²) in [5, 5.41) is 0.343. The lowest BCUT2D eigenvalue weighted by molar-refractivity contribution is 0.837. The topological polar surface area (TPSA) is 34.4 Å². The molecule has 0 aliphatic carbocycles. The van der Waals surface area contributed by atoms with E-state index in [-0.39, 0.29) is 5.56 Å². The van der Waals surface area contributed by atoms with Gasteiger partial charge in [-0.1, -0.05) is 44.9 Å². The van der Waals surface area contributed by atoms with Crippen LogP contribution in [0.15, 0.2) is 23.1 Å². The summed E-state index contributed by atoms with van der Waals surface area (Å²) in [5.74, 6) is 0.307. The lowest BCUT2D eigenvalue weighted by Gasteiger charge is -2.11. The van der Waals surface area contributed by atoms with E-state index in [4.69, 9.17) is 11.6 Å². The van der Waals surface area contributed by atoms with Crippen molar-refractivity contribution in [3.8, 4) is 0 Å². The largest absolute Gasteiger partial charge is 0.269 e. The van der Waals surface area contributed by atoms with E-state index in [0.717, 1.165) is 12.0 Å². The van der Waals surface area contributed by atoms with E-state index >= 15 is 0 Å². The summed E-state index contributed by atoms with van der Waals surface area (Å²) in [5.41, 5.74) is 2.27. The molecule has 0 saturated carbocycles. The van der Waals surface area contributed by atoms with Gasteiger partial charge in [0.25, 0.3) is 5.56 Å². The van der Waals surface area contributed by atoms with Gasteiger partial charge in [-0.15, -0.1) is 0 Å². The molecular weight excluding hydrogens is 248 g/mol. The van der Waals surface area contributed by atoms with Gasteiger partial charge in [0.05, 0.1) is 5.56 Å². The van der Waals surface area contributed by atoms with Gasteiger partial charge in [-0.05, 0) is 24.0 Å². The fourth-order valence-corrected chi connectivity index (χ4v) is 2.36. The molecule has 2 aromatic rings. The molecule has 18 heavy (non-hydrogen) atoms. The van der Waals surface area contributed by atoms with Crippen molar-refractivity contribution in [3.05, 3.63) is 45.0 Å². The molecule has 0 N–H and O–H groups in total. The molecule has 0 radical (unpaired) electrons. The second kappa shape index (κ2) is 5.11. The second-order valence-electron chi connectivity index (χ2n) is 4.75. The Morgan fingerprint density at radius 1 is 1.44 bits per heavy atom. The summed E-state index contributed by atoms with van der Waals surface area (Å²) >= 11 is 6.14. The minimum atomic E-state index is -0.0469. The quantitative estimate of drug-likeness (QED) is 0.796. The van der Waals surface area contributed by atoms with Crippen molar-refractivity contribution in [2.24, 2.45) is 0 Å². The second-order valence-corrected chi connectivity index (χ2v) is 5.11. The monoisotopic (exact) mass is 264 g/mol. The van der Waals surface area contributed by atoms with Crippen molar-refractivity contribution in [3.63, 3.8) is 0 Å². The summed E-state index contributed by atoms with van der Waals surface area (Å²) in [6.07, 6.45) is 3.30. The summed E-state index contributed by atoms with van der Waals surface area (Å²) in [4.78, 5) is 16.8. The van der Waals surface area contributed by atoms with Gasteiger partial charge in [-0.3, -0.25) is 9.20 Å². The van der Waals surface area contributed by atoms with E-state index in [9.17, 15) is 4.79 Å². The normalized spacial score (nSPS) is 11.4. The van der Waals surface area contributed by atoms with Crippen LogP contribution in [0.1, 0.15) is 44.2 Å². The average Bonchev–Trinajstić information content (AvgIpc) is 2.33. The minimum Gasteiger partial charge on any atom is -0.269 e. The first kappa shape index (κ1) is 13.1. The van der Waals surface area contributed by atoms with Crippen molar-refractivity contribution in [2.45, 2.75) is 39.5 Å². The number of rotatable bonds is 3. The Labute approximate surface area is 111 Å². The molecule has 0 aromatic carbocycles. The minimum absolute atomic E-state index is 0.0469. The van der Waals surface area contributed by atoms with Gasteiger partial charge in [0.15, 0.2) is 0 Å². The maximum absolute atomic E-state index is 12.4. The lowest BCUT2D eigenvalue weighted by atomic mass is 10.0. The first-order valence-electron chi connectivity index (χ1n) is 6.26. The maximum atomic E-state index is 12.4. The molecular formula is C14H17ClN2O. The number of nitrogens with zero attached hydrogens (tertiary/aromatic N) is 2. The molecule has 96 valence electrons. The molecule has 0 saturated heterocycles. The van der Waals surface area contributed by atoms with E-state index < -0.39 is 0 Å². The SMILES string of the molecule is CCCc1c(Cl)nc2c(C(C)C)cccn2c1=O. The molecule has 0 aliphatic rings. The summed E-state index contributed by atoms with van der Waals surface area (Å²) in [6.45, 7) is 6.18. The predicted octanol–water partition coefficient (Wildman–Crippen LogP) is 3.42. The van der Waals surface area contributed by atoms with Crippen molar-refractivity contribution < 1.29 is 0 Å². The van der Waals surface area contributed by atoms with Gasteiger partial charge >= 0.3 is 0 Å². The zero-order valence-electron chi connectivity index (χ0n) is 10.9. The number of hydrogen-bond acceptors (Lipinski definition) is 2. The van der Waals surface area contributed by atoms with Crippen LogP contribution >= 0.6 is 11.6 Å². The Morgan fingerprint density at radius 2 is 2.17 bits per heavy atom. The van der Waals surface area contributed by atoms with Crippen LogP contribution in [0.2, 0.25) is 5.15 Å². The third kappa shape index (κ3) is 2.15. The molecule has 3 nitrogen and oxygen atoms in total. The number of pyridine rings is 1. The molecule has 4 heteroatoms. The smallest absolute Gasteiger partial charge is 0.262 e. The van der Waals surface area contributed by atoms with E-state index in [1.54, 1.807) is 10.6 Å². The first-order chi connectivity index (χ1) is 8.56. The Morgan fingerprint density at radius 3 is 2.78 bits per heavy atom. The zero-order chi connectivity index (χ0) is 13.3. The van der Waals surface area contributed by atoms with Crippen LogP contribution in [0.5, 0.6) is 0 Å². The van der Waals surface area contributed by atoms with Gasteiger partial charge < -0.3 is 0 Å². The molecule has 2 heterocycles. The molecule has 0 spiro atoms. The molecule has 2 aromatic heterocycles. The molecule has 0 atom stereocenters. The van der Waals surface area contributed by atoms with Crippen LogP contribution in [0.3, 0.4) is 0 Å². The summed E-state index contributed by atoms with van der Waals surface area (Å²) in [6, 6.07) is 3.87. The van der Waals surface area contributed by atoms with Gasteiger partial charge in [-0.2, -0.15) is 0 Å². The third-order valence-corrected chi connectivity index (χ3v) is 3.36. The number of halogens is 1. The molecule has 0 amide bonds. The Bertz CT molecular complexity index is 631. The van der Waals surface area contributed by atoms with Crippen LogP contribution in [0.25, 0.3) is 5.65 Å². The van der Waals surface area contributed by atoms with Crippen molar-refractivity contribution in [1.29, 1.82) is 0 Å². The van der Waals surface area contributed by atoms with Crippen LogP contribution in [0, 0.1) is 0 Å². The molecule has 0 fully saturated rings. The standard InChI is InChI=1S/C14H17ClN2O/c1-4-6-11-12(15)16-13-10(9(2)3)7-5-8-17(13)14(11)18/h5,7-9H,4,6H2,1-3H3. The van der Waals surface area contributed by atoms with E-state index in [0.29, 0.717) is 28.7 Å². The number of hydrogen-bond donors (Lipinski definition) is 0. The Kier molecular flexibility index (Phi) is 3.71. The van der Waals surface area contributed by atoms with Gasteiger partial charge in [0, 0.05) is 6.20 Å². The van der Waals surface area contributed by atoms with Crippen molar-refractivity contribution in [2.75, 3.05) is 0 Å². The number of aromatic nitrogens is 2. The zero-order valence-corrected chi connectivity index (χ0v) is 11.7. The highest BCUT2D eigenvalue weighted by Crippen LogP contribution is 2.20. The van der Waals surface area contributed by atoms with Crippen molar-refractivity contribution in [1.82, 2.24) is 9.38 Å². The molecule has 0 aliphatic heterocycles. The predicted molar refractivity (Wildman–Crippen MR) is 74.6 cm³/mol. The molecule has 2 rings (SSSR count). The fourth-order valence-electron chi connectivity index (χ4n) is 2.10. The Balaban J connectivity index is 2.81. The maximum Gasteiger partial charge on any atom is 0.262 e. The van der Waals surface area contributed by atoms with Crippen LogP contribution < -0.4 is 5.56 Å². The van der Waals surface area contributed by atoms with E-state index in [1.807, 2.05) is 19.1 Å². The third-order valence-electron chi connectivity index (χ3n) is 3.05. The van der Waals surface area contributed by atoms with Gasteiger partial charge in [-0.25, -0.2) is 4.98 Å². The molecule has 0 bridgehead atoms.